The minimum Gasteiger partial charge on any atom is -0.393 e. The second kappa shape index (κ2) is 6.14. The van der Waals surface area contributed by atoms with Crippen LogP contribution in [-0.4, -0.2) is 27.1 Å². The molecule has 1 aromatic rings. The Morgan fingerprint density at radius 1 is 1.63 bits per heavy atom. The van der Waals surface area contributed by atoms with Gasteiger partial charge in [-0.1, -0.05) is 19.1 Å². The number of aromatic nitrogens is 2. The van der Waals surface area contributed by atoms with E-state index in [1.54, 1.807) is 17.0 Å². The van der Waals surface area contributed by atoms with Gasteiger partial charge in [0.1, 0.15) is 0 Å². The summed E-state index contributed by atoms with van der Waals surface area (Å²) in [4.78, 5) is 19.2. The van der Waals surface area contributed by atoms with Crippen molar-refractivity contribution in [3.05, 3.63) is 22.7 Å². The van der Waals surface area contributed by atoms with Crippen LogP contribution >= 0.6 is 12.2 Å². The van der Waals surface area contributed by atoms with Gasteiger partial charge in [0, 0.05) is 37.9 Å². The quantitative estimate of drug-likeness (QED) is 0.763. The molecule has 19 heavy (non-hydrogen) atoms. The fraction of sp³-hybridized carbons (Fsp3) is 0.615. The molecule has 6 heteroatoms. The SMILES string of the molecule is CCCn1ccnc(N(CCC(N)=S)C2CC2)c1=O. The fourth-order valence-electron chi connectivity index (χ4n) is 2.13. The molecule has 0 aliphatic heterocycles. The first-order valence-electron chi connectivity index (χ1n) is 6.74. The van der Waals surface area contributed by atoms with Crippen LogP contribution in [0.25, 0.3) is 0 Å². The molecule has 0 bridgehead atoms. The van der Waals surface area contributed by atoms with Crippen LogP contribution in [-0.2, 0) is 6.54 Å². The molecule has 1 aliphatic rings. The lowest BCUT2D eigenvalue weighted by Crippen LogP contribution is -2.36. The van der Waals surface area contributed by atoms with E-state index in [1.165, 1.54) is 0 Å². The van der Waals surface area contributed by atoms with Crippen molar-refractivity contribution in [3.63, 3.8) is 0 Å². The molecule has 2 rings (SSSR count). The van der Waals surface area contributed by atoms with Crippen molar-refractivity contribution in [2.75, 3.05) is 11.4 Å². The molecule has 1 heterocycles. The van der Waals surface area contributed by atoms with E-state index in [4.69, 9.17) is 18.0 Å². The maximum Gasteiger partial charge on any atom is 0.293 e. The van der Waals surface area contributed by atoms with Crippen molar-refractivity contribution in [2.24, 2.45) is 5.73 Å². The Hall–Kier alpha value is -1.43. The van der Waals surface area contributed by atoms with Gasteiger partial charge in [-0.15, -0.1) is 0 Å². The Morgan fingerprint density at radius 3 is 2.95 bits per heavy atom. The van der Waals surface area contributed by atoms with E-state index in [0.717, 1.165) is 25.8 Å². The summed E-state index contributed by atoms with van der Waals surface area (Å²) in [5, 5.41) is 0. The Morgan fingerprint density at radius 2 is 2.37 bits per heavy atom. The van der Waals surface area contributed by atoms with Gasteiger partial charge in [0.05, 0.1) is 4.99 Å². The van der Waals surface area contributed by atoms with E-state index in [0.29, 0.717) is 29.8 Å². The van der Waals surface area contributed by atoms with Crippen LogP contribution in [0.1, 0.15) is 32.6 Å². The number of nitrogens with zero attached hydrogens (tertiary/aromatic N) is 3. The minimum absolute atomic E-state index is 0.0146. The lowest BCUT2D eigenvalue weighted by atomic mass is 10.3. The van der Waals surface area contributed by atoms with Crippen LogP contribution in [0.3, 0.4) is 0 Å². The average Bonchev–Trinajstić information content (AvgIpc) is 3.18. The molecule has 0 spiro atoms. The smallest absolute Gasteiger partial charge is 0.293 e. The van der Waals surface area contributed by atoms with E-state index >= 15 is 0 Å². The maximum atomic E-state index is 12.4. The topological polar surface area (TPSA) is 64.2 Å². The van der Waals surface area contributed by atoms with Gasteiger partial charge in [0.2, 0.25) is 0 Å². The predicted molar refractivity (Wildman–Crippen MR) is 80.6 cm³/mol. The third kappa shape index (κ3) is 3.53. The van der Waals surface area contributed by atoms with Crippen LogP contribution in [0.5, 0.6) is 0 Å². The molecule has 2 N–H and O–H groups in total. The average molecular weight is 280 g/mol. The number of anilines is 1. The van der Waals surface area contributed by atoms with E-state index in [1.807, 2.05) is 0 Å². The number of thiocarbonyl (C=S) groups is 1. The van der Waals surface area contributed by atoms with Crippen molar-refractivity contribution in [2.45, 2.75) is 45.2 Å². The van der Waals surface area contributed by atoms with Gasteiger partial charge in [-0.05, 0) is 19.3 Å². The maximum absolute atomic E-state index is 12.4. The predicted octanol–water partition coefficient (Wildman–Crippen LogP) is 1.30. The highest BCUT2D eigenvalue weighted by Gasteiger charge is 2.31. The molecule has 0 amide bonds. The number of nitrogens with two attached hydrogens (primary N) is 1. The first-order chi connectivity index (χ1) is 9.13. The van der Waals surface area contributed by atoms with Crippen LogP contribution < -0.4 is 16.2 Å². The van der Waals surface area contributed by atoms with Crippen molar-refractivity contribution in [1.82, 2.24) is 9.55 Å². The standard InChI is InChI=1S/C13H20N4OS/c1-2-7-16-9-6-15-12(13(16)18)17(10-3-4-10)8-5-11(14)19/h6,9-10H,2-5,7-8H2,1H3,(H2,14,19). The van der Waals surface area contributed by atoms with Gasteiger partial charge in [-0.3, -0.25) is 4.79 Å². The molecule has 0 radical (unpaired) electrons. The summed E-state index contributed by atoms with van der Waals surface area (Å²) in [7, 11) is 0. The lowest BCUT2D eigenvalue weighted by molar-refractivity contribution is 0.639. The third-order valence-electron chi connectivity index (χ3n) is 3.22. The molecule has 104 valence electrons. The Kier molecular flexibility index (Phi) is 4.52. The molecule has 1 fully saturated rings. The van der Waals surface area contributed by atoms with Gasteiger partial charge in [0.25, 0.3) is 5.56 Å². The number of rotatable bonds is 7. The molecule has 1 saturated carbocycles. The van der Waals surface area contributed by atoms with E-state index < -0.39 is 0 Å². The molecule has 5 nitrogen and oxygen atoms in total. The fourth-order valence-corrected chi connectivity index (χ4v) is 2.22. The van der Waals surface area contributed by atoms with E-state index in [-0.39, 0.29) is 5.56 Å². The summed E-state index contributed by atoms with van der Waals surface area (Å²) in [6.45, 7) is 3.46. The molecule has 0 saturated heterocycles. The van der Waals surface area contributed by atoms with Crippen LogP contribution in [0.15, 0.2) is 17.2 Å². The summed E-state index contributed by atoms with van der Waals surface area (Å²) in [5.41, 5.74) is 5.54. The summed E-state index contributed by atoms with van der Waals surface area (Å²) >= 11 is 4.92. The summed E-state index contributed by atoms with van der Waals surface area (Å²) in [6.07, 6.45) is 7.22. The highest BCUT2D eigenvalue weighted by molar-refractivity contribution is 7.80. The first-order valence-corrected chi connectivity index (χ1v) is 7.14. The molecule has 0 unspecified atom stereocenters. The first kappa shape index (κ1) is 14.0. The Balaban J connectivity index is 2.23. The molecule has 1 aliphatic carbocycles. The zero-order valence-electron chi connectivity index (χ0n) is 11.2. The Bertz CT molecular complexity index is 510. The molecule has 0 atom stereocenters. The molecule has 1 aromatic heterocycles. The minimum atomic E-state index is -0.0146. The third-order valence-corrected chi connectivity index (χ3v) is 3.42. The van der Waals surface area contributed by atoms with Crippen LogP contribution in [0.4, 0.5) is 5.82 Å². The lowest BCUT2D eigenvalue weighted by Gasteiger charge is -2.23. The Labute approximate surface area is 118 Å². The van der Waals surface area contributed by atoms with Gasteiger partial charge in [-0.2, -0.15) is 0 Å². The van der Waals surface area contributed by atoms with E-state index in [9.17, 15) is 4.79 Å². The van der Waals surface area contributed by atoms with E-state index in [2.05, 4.69) is 16.8 Å². The van der Waals surface area contributed by atoms with Crippen molar-refractivity contribution in [1.29, 1.82) is 0 Å². The molecular formula is C13H20N4OS. The summed E-state index contributed by atoms with van der Waals surface area (Å²) < 4.78 is 1.72. The van der Waals surface area contributed by atoms with Crippen molar-refractivity contribution < 1.29 is 0 Å². The molecule has 0 aromatic carbocycles. The summed E-state index contributed by atoms with van der Waals surface area (Å²) in [5.74, 6) is 0.537. The van der Waals surface area contributed by atoms with Crippen LogP contribution in [0.2, 0.25) is 0 Å². The second-order valence-corrected chi connectivity index (χ2v) is 5.41. The highest BCUT2D eigenvalue weighted by atomic mass is 32.1. The van der Waals surface area contributed by atoms with Crippen LogP contribution in [0, 0.1) is 0 Å². The van der Waals surface area contributed by atoms with Crippen molar-refractivity contribution >= 4 is 23.0 Å². The zero-order valence-corrected chi connectivity index (χ0v) is 12.0. The summed E-state index contributed by atoms with van der Waals surface area (Å²) in [6, 6.07) is 0.423. The largest absolute Gasteiger partial charge is 0.393 e. The monoisotopic (exact) mass is 280 g/mol. The normalized spacial score (nSPS) is 14.4. The van der Waals surface area contributed by atoms with Gasteiger partial charge < -0.3 is 15.2 Å². The highest BCUT2D eigenvalue weighted by Crippen LogP contribution is 2.29. The number of hydrogen-bond donors (Lipinski definition) is 1. The van der Waals surface area contributed by atoms with Gasteiger partial charge in [-0.25, -0.2) is 4.98 Å². The van der Waals surface area contributed by atoms with Crippen molar-refractivity contribution in [3.8, 4) is 0 Å². The zero-order chi connectivity index (χ0) is 13.8. The van der Waals surface area contributed by atoms with Gasteiger partial charge >= 0.3 is 0 Å². The van der Waals surface area contributed by atoms with Gasteiger partial charge in [0.15, 0.2) is 5.82 Å². The molecular weight excluding hydrogens is 260 g/mol. The number of aryl methyl sites for hydroxylation is 1. The number of hydrogen-bond acceptors (Lipinski definition) is 4. The second-order valence-electron chi connectivity index (χ2n) is 4.89.